The molecule has 0 aromatic heterocycles. The van der Waals surface area contributed by atoms with E-state index in [0.717, 1.165) is 22.3 Å². The zero-order chi connectivity index (χ0) is 14.3. The Morgan fingerprint density at radius 3 is 2.15 bits per heavy atom. The number of rotatable bonds is 1. The minimum atomic E-state index is -0.445. The summed E-state index contributed by atoms with van der Waals surface area (Å²) < 4.78 is 0. The number of benzene rings is 2. The standard InChI is InChI=1S/C19H18O/c1-13-17(14-9-5-4-6-10-14)15-11-7-8-12-16(15)19(2,3)18(13)20/h4-12H,1-3H3. The third-order valence-corrected chi connectivity index (χ3v) is 4.22. The Labute approximate surface area is 120 Å². The molecule has 2 aromatic carbocycles. The van der Waals surface area contributed by atoms with Gasteiger partial charge in [-0.25, -0.2) is 0 Å². The van der Waals surface area contributed by atoms with E-state index in [-0.39, 0.29) is 5.78 Å². The zero-order valence-corrected chi connectivity index (χ0v) is 12.1. The van der Waals surface area contributed by atoms with Crippen LogP contribution in [0, 0.1) is 0 Å². The van der Waals surface area contributed by atoms with Crippen LogP contribution in [0.5, 0.6) is 0 Å². The van der Waals surface area contributed by atoms with E-state index in [1.165, 1.54) is 5.56 Å². The molecule has 0 saturated carbocycles. The summed E-state index contributed by atoms with van der Waals surface area (Å²) in [6, 6.07) is 18.4. The minimum Gasteiger partial charge on any atom is -0.294 e. The first kappa shape index (κ1) is 12.9. The molecule has 0 heterocycles. The first-order valence-electron chi connectivity index (χ1n) is 6.94. The molecule has 0 saturated heterocycles. The SMILES string of the molecule is CC1=C(c2ccccc2)c2ccccc2C(C)(C)C1=O. The molecule has 20 heavy (non-hydrogen) atoms. The van der Waals surface area contributed by atoms with Crippen molar-refractivity contribution in [3.8, 4) is 0 Å². The van der Waals surface area contributed by atoms with Crippen LogP contribution in [0.15, 0.2) is 60.2 Å². The van der Waals surface area contributed by atoms with Crippen molar-refractivity contribution in [1.29, 1.82) is 0 Å². The zero-order valence-electron chi connectivity index (χ0n) is 12.1. The number of carbonyl (C=O) groups excluding carboxylic acids is 1. The van der Waals surface area contributed by atoms with Crippen molar-refractivity contribution in [2.45, 2.75) is 26.2 Å². The van der Waals surface area contributed by atoms with E-state index in [4.69, 9.17) is 0 Å². The van der Waals surface area contributed by atoms with Crippen LogP contribution < -0.4 is 0 Å². The van der Waals surface area contributed by atoms with Gasteiger partial charge < -0.3 is 0 Å². The second-order valence-corrected chi connectivity index (χ2v) is 5.87. The second-order valence-electron chi connectivity index (χ2n) is 5.87. The van der Waals surface area contributed by atoms with E-state index < -0.39 is 5.41 Å². The third-order valence-electron chi connectivity index (χ3n) is 4.22. The van der Waals surface area contributed by atoms with Gasteiger partial charge in [-0.15, -0.1) is 0 Å². The molecular weight excluding hydrogens is 244 g/mol. The van der Waals surface area contributed by atoms with Gasteiger partial charge in [0.1, 0.15) is 0 Å². The molecule has 0 N–H and O–H groups in total. The van der Waals surface area contributed by atoms with Crippen molar-refractivity contribution in [1.82, 2.24) is 0 Å². The van der Waals surface area contributed by atoms with Gasteiger partial charge in [0.15, 0.2) is 5.78 Å². The summed E-state index contributed by atoms with van der Waals surface area (Å²) in [5, 5.41) is 0. The lowest BCUT2D eigenvalue weighted by Crippen LogP contribution is -2.34. The second kappa shape index (κ2) is 4.45. The molecule has 1 nitrogen and oxygen atoms in total. The van der Waals surface area contributed by atoms with Gasteiger partial charge in [0.25, 0.3) is 0 Å². The van der Waals surface area contributed by atoms with Gasteiger partial charge in [-0.2, -0.15) is 0 Å². The topological polar surface area (TPSA) is 17.1 Å². The predicted molar refractivity (Wildman–Crippen MR) is 82.6 cm³/mol. The Bertz CT molecular complexity index is 706. The van der Waals surface area contributed by atoms with Crippen molar-refractivity contribution >= 4 is 11.4 Å². The molecule has 0 spiro atoms. The van der Waals surface area contributed by atoms with Crippen LogP contribution in [0.1, 0.15) is 37.5 Å². The van der Waals surface area contributed by atoms with Crippen LogP contribution in [0.25, 0.3) is 5.57 Å². The van der Waals surface area contributed by atoms with Gasteiger partial charge in [-0.1, -0.05) is 54.6 Å². The van der Waals surface area contributed by atoms with E-state index in [1.54, 1.807) is 0 Å². The smallest absolute Gasteiger partial charge is 0.169 e. The fourth-order valence-corrected chi connectivity index (χ4v) is 3.13. The van der Waals surface area contributed by atoms with Crippen molar-refractivity contribution in [2.75, 3.05) is 0 Å². The third kappa shape index (κ3) is 1.74. The summed E-state index contributed by atoms with van der Waals surface area (Å²) in [6.07, 6.45) is 0. The molecule has 0 bridgehead atoms. The molecule has 0 atom stereocenters. The molecule has 0 amide bonds. The Kier molecular flexibility index (Phi) is 2.86. The molecule has 100 valence electrons. The van der Waals surface area contributed by atoms with Crippen molar-refractivity contribution in [2.24, 2.45) is 0 Å². The van der Waals surface area contributed by atoms with E-state index in [9.17, 15) is 4.79 Å². The number of Topliss-reactive ketones (excluding diaryl/α,β-unsaturated/α-hetero) is 1. The summed E-state index contributed by atoms with van der Waals surface area (Å²) in [5.41, 5.74) is 4.90. The van der Waals surface area contributed by atoms with Crippen LogP contribution in [0.4, 0.5) is 0 Å². The van der Waals surface area contributed by atoms with Crippen molar-refractivity contribution in [3.63, 3.8) is 0 Å². The molecule has 0 unspecified atom stereocenters. The monoisotopic (exact) mass is 262 g/mol. The van der Waals surface area contributed by atoms with E-state index in [0.29, 0.717) is 0 Å². The summed E-state index contributed by atoms with van der Waals surface area (Å²) in [4.78, 5) is 12.7. The van der Waals surface area contributed by atoms with Gasteiger partial charge >= 0.3 is 0 Å². The number of carbonyl (C=O) groups is 1. The van der Waals surface area contributed by atoms with Crippen LogP contribution in [0.2, 0.25) is 0 Å². The predicted octanol–water partition coefficient (Wildman–Crippen LogP) is 4.37. The summed E-state index contributed by atoms with van der Waals surface area (Å²) in [5.74, 6) is 0.218. The van der Waals surface area contributed by atoms with Crippen LogP contribution >= 0.6 is 0 Å². The molecule has 3 rings (SSSR count). The molecule has 1 aliphatic carbocycles. The highest BCUT2D eigenvalue weighted by Crippen LogP contribution is 2.42. The Balaban J connectivity index is 2.34. The number of hydrogen-bond acceptors (Lipinski definition) is 1. The summed E-state index contributed by atoms with van der Waals surface area (Å²) in [7, 11) is 0. The lowest BCUT2D eigenvalue weighted by Gasteiger charge is -2.33. The van der Waals surface area contributed by atoms with Gasteiger partial charge in [-0.3, -0.25) is 4.79 Å². The Hall–Kier alpha value is -2.15. The quantitative estimate of drug-likeness (QED) is 0.746. The maximum atomic E-state index is 12.7. The van der Waals surface area contributed by atoms with Gasteiger partial charge in [0.05, 0.1) is 5.41 Å². The molecule has 1 heteroatoms. The lowest BCUT2D eigenvalue weighted by molar-refractivity contribution is -0.119. The molecule has 0 aliphatic heterocycles. The molecule has 0 radical (unpaired) electrons. The minimum absolute atomic E-state index is 0.218. The van der Waals surface area contributed by atoms with Gasteiger partial charge in [-0.05, 0) is 43.0 Å². The maximum Gasteiger partial charge on any atom is 0.169 e. The fraction of sp³-hybridized carbons (Fsp3) is 0.211. The molecule has 0 fully saturated rings. The molecule has 1 aliphatic rings. The normalized spacial score (nSPS) is 17.1. The number of hydrogen-bond donors (Lipinski definition) is 0. The Morgan fingerprint density at radius 1 is 0.850 bits per heavy atom. The highest BCUT2D eigenvalue weighted by molar-refractivity contribution is 6.13. The van der Waals surface area contributed by atoms with E-state index in [2.05, 4.69) is 24.3 Å². The average Bonchev–Trinajstić information content (AvgIpc) is 2.47. The Morgan fingerprint density at radius 2 is 1.45 bits per heavy atom. The largest absolute Gasteiger partial charge is 0.294 e. The summed E-state index contributed by atoms with van der Waals surface area (Å²) >= 11 is 0. The van der Waals surface area contributed by atoms with Crippen LogP contribution in [0.3, 0.4) is 0 Å². The number of allylic oxidation sites excluding steroid dienone is 1. The number of ketones is 1. The first-order chi connectivity index (χ1) is 9.53. The van der Waals surface area contributed by atoms with Crippen LogP contribution in [-0.4, -0.2) is 5.78 Å². The van der Waals surface area contributed by atoms with E-state index >= 15 is 0 Å². The van der Waals surface area contributed by atoms with Crippen molar-refractivity contribution in [3.05, 3.63) is 76.9 Å². The van der Waals surface area contributed by atoms with Crippen molar-refractivity contribution < 1.29 is 4.79 Å². The van der Waals surface area contributed by atoms with Gasteiger partial charge in [0.2, 0.25) is 0 Å². The number of fused-ring (bicyclic) bond motifs is 1. The first-order valence-corrected chi connectivity index (χ1v) is 6.94. The van der Waals surface area contributed by atoms with Gasteiger partial charge in [0, 0.05) is 5.57 Å². The average molecular weight is 262 g/mol. The highest BCUT2D eigenvalue weighted by Gasteiger charge is 2.38. The van der Waals surface area contributed by atoms with Crippen LogP contribution in [-0.2, 0) is 10.2 Å². The maximum absolute atomic E-state index is 12.7. The fourth-order valence-electron chi connectivity index (χ4n) is 3.13. The highest BCUT2D eigenvalue weighted by atomic mass is 16.1. The lowest BCUT2D eigenvalue weighted by atomic mass is 9.68. The van der Waals surface area contributed by atoms with E-state index in [1.807, 2.05) is 51.1 Å². The molecule has 2 aromatic rings. The summed E-state index contributed by atoms with van der Waals surface area (Å²) in [6.45, 7) is 5.97. The molecular formula is C19H18O.